The van der Waals surface area contributed by atoms with E-state index in [1.807, 2.05) is 18.2 Å². The molecule has 100 valence electrons. The second-order valence-electron chi connectivity index (χ2n) is 4.04. The smallest absolute Gasteiger partial charge is 0.306 e. The Labute approximate surface area is 117 Å². The van der Waals surface area contributed by atoms with Crippen LogP contribution in [0.25, 0.3) is 0 Å². The molecule has 0 heterocycles. The lowest BCUT2D eigenvalue weighted by atomic mass is 10.1. The number of aryl methyl sites for hydroxylation is 1. The molecule has 0 aliphatic heterocycles. The molecule has 18 heavy (non-hydrogen) atoms. The number of rotatable bonds is 7. The van der Waals surface area contributed by atoms with Crippen LogP contribution in [0.15, 0.2) is 22.7 Å². The van der Waals surface area contributed by atoms with Gasteiger partial charge in [0.2, 0.25) is 0 Å². The van der Waals surface area contributed by atoms with Gasteiger partial charge in [-0.25, -0.2) is 0 Å². The lowest BCUT2D eigenvalue weighted by Crippen LogP contribution is -2.06. The zero-order valence-electron chi connectivity index (χ0n) is 10.9. The van der Waals surface area contributed by atoms with Crippen LogP contribution in [0.2, 0.25) is 0 Å². The summed E-state index contributed by atoms with van der Waals surface area (Å²) in [5.41, 5.74) is 1.09. The van der Waals surface area contributed by atoms with E-state index in [-0.39, 0.29) is 5.97 Å². The Morgan fingerprint density at radius 1 is 1.39 bits per heavy atom. The molecule has 0 N–H and O–H groups in total. The molecule has 0 bridgehead atoms. The molecule has 0 saturated heterocycles. The maximum absolute atomic E-state index is 11.4. The van der Waals surface area contributed by atoms with Crippen molar-refractivity contribution in [3.63, 3.8) is 0 Å². The van der Waals surface area contributed by atoms with Crippen LogP contribution < -0.4 is 4.74 Å². The summed E-state index contributed by atoms with van der Waals surface area (Å²) in [7, 11) is 1.63. The van der Waals surface area contributed by atoms with Crippen molar-refractivity contribution in [2.24, 2.45) is 0 Å². The van der Waals surface area contributed by atoms with Gasteiger partial charge in [0.25, 0.3) is 0 Å². The average molecular weight is 315 g/mol. The predicted octanol–water partition coefficient (Wildman–Crippen LogP) is 3.73. The lowest BCUT2D eigenvalue weighted by molar-refractivity contribution is -0.143. The monoisotopic (exact) mass is 314 g/mol. The van der Waals surface area contributed by atoms with E-state index in [0.717, 1.165) is 28.6 Å². The summed E-state index contributed by atoms with van der Waals surface area (Å²) in [6.07, 6.45) is 3.08. The number of ether oxygens (including phenoxy) is 2. The first-order chi connectivity index (χ1) is 8.67. The Balaban J connectivity index is 2.39. The Morgan fingerprint density at radius 3 is 2.78 bits per heavy atom. The molecule has 0 aromatic heterocycles. The maximum atomic E-state index is 11.4. The molecule has 1 aromatic carbocycles. The van der Waals surface area contributed by atoms with Gasteiger partial charge in [0.1, 0.15) is 5.75 Å². The van der Waals surface area contributed by atoms with E-state index < -0.39 is 0 Å². The second-order valence-corrected chi connectivity index (χ2v) is 4.90. The summed E-state index contributed by atoms with van der Waals surface area (Å²) in [5.74, 6) is 0.666. The Morgan fingerprint density at radius 2 is 2.17 bits per heavy atom. The summed E-state index contributed by atoms with van der Waals surface area (Å²) < 4.78 is 11.2. The molecule has 1 rings (SSSR count). The number of hydrogen-bond donors (Lipinski definition) is 0. The first-order valence-electron chi connectivity index (χ1n) is 6.15. The van der Waals surface area contributed by atoms with Gasteiger partial charge in [-0.05, 0) is 46.5 Å². The minimum Gasteiger partial charge on any atom is -0.496 e. The molecule has 0 amide bonds. The predicted molar refractivity (Wildman–Crippen MR) is 74.9 cm³/mol. The number of carbonyl (C=O) groups is 1. The highest BCUT2D eigenvalue weighted by Crippen LogP contribution is 2.25. The number of carbonyl (C=O) groups excluding carboxylic acids is 1. The van der Waals surface area contributed by atoms with Crippen LogP contribution in [-0.4, -0.2) is 19.7 Å². The van der Waals surface area contributed by atoms with Crippen molar-refractivity contribution in [3.05, 3.63) is 28.2 Å². The molecule has 0 unspecified atom stereocenters. The first kappa shape index (κ1) is 15.0. The topological polar surface area (TPSA) is 35.5 Å². The third-order valence-electron chi connectivity index (χ3n) is 2.59. The summed E-state index contributed by atoms with van der Waals surface area (Å²) in [6.45, 7) is 2.60. The van der Waals surface area contributed by atoms with E-state index in [2.05, 4.69) is 22.9 Å². The van der Waals surface area contributed by atoms with E-state index in [4.69, 9.17) is 9.47 Å². The SMILES string of the molecule is CCCCOC(=O)CCc1ccc(OC)c(Br)c1. The molecule has 4 heteroatoms. The summed E-state index contributed by atoms with van der Waals surface area (Å²) in [4.78, 5) is 11.4. The highest BCUT2D eigenvalue weighted by Gasteiger charge is 2.05. The van der Waals surface area contributed by atoms with E-state index >= 15 is 0 Å². The fourth-order valence-electron chi connectivity index (χ4n) is 1.51. The Bertz CT molecular complexity index is 391. The van der Waals surface area contributed by atoms with Crippen LogP contribution in [0.1, 0.15) is 31.7 Å². The molecular weight excluding hydrogens is 296 g/mol. The minimum absolute atomic E-state index is 0.129. The van der Waals surface area contributed by atoms with Gasteiger partial charge in [0, 0.05) is 6.42 Å². The lowest BCUT2D eigenvalue weighted by Gasteiger charge is -2.06. The highest BCUT2D eigenvalue weighted by atomic mass is 79.9. The van der Waals surface area contributed by atoms with Gasteiger partial charge in [0.05, 0.1) is 18.2 Å². The van der Waals surface area contributed by atoms with E-state index in [1.165, 1.54) is 0 Å². The number of methoxy groups -OCH3 is 1. The molecule has 1 aromatic rings. The number of unbranched alkanes of at least 4 members (excludes halogenated alkanes) is 1. The third kappa shape index (κ3) is 5.08. The van der Waals surface area contributed by atoms with Crippen molar-refractivity contribution >= 4 is 21.9 Å². The Kier molecular flexibility index (Phi) is 6.80. The van der Waals surface area contributed by atoms with Crippen molar-refractivity contribution in [1.82, 2.24) is 0 Å². The van der Waals surface area contributed by atoms with E-state index in [1.54, 1.807) is 7.11 Å². The third-order valence-corrected chi connectivity index (χ3v) is 3.21. The second kappa shape index (κ2) is 8.14. The molecule has 0 atom stereocenters. The van der Waals surface area contributed by atoms with Crippen LogP contribution in [-0.2, 0) is 16.0 Å². The van der Waals surface area contributed by atoms with Crippen LogP contribution in [0, 0.1) is 0 Å². The number of esters is 1. The first-order valence-corrected chi connectivity index (χ1v) is 6.94. The van der Waals surface area contributed by atoms with Gasteiger partial charge in [0.15, 0.2) is 0 Å². The molecular formula is C14H19BrO3. The normalized spacial score (nSPS) is 10.2. The van der Waals surface area contributed by atoms with Gasteiger partial charge < -0.3 is 9.47 Å². The molecule has 3 nitrogen and oxygen atoms in total. The zero-order chi connectivity index (χ0) is 13.4. The fourth-order valence-corrected chi connectivity index (χ4v) is 2.10. The van der Waals surface area contributed by atoms with Crippen molar-refractivity contribution in [2.45, 2.75) is 32.6 Å². The van der Waals surface area contributed by atoms with Crippen LogP contribution >= 0.6 is 15.9 Å². The van der Waals surface area contributed by atoms with E-state index in [0.29, 0.717) is 19.4 Å². The highest BCUT2D eigenvalue weighted by molar-refractivity contribution is 9.10. The number of benzene rings is 1. The van der Waals surface area contributed by atoms with Crippen LogP contribution in [0.4, 0.5) is 0 Å². The maximum Gasteiger partial charge on any atom is 0.306 e. The van der Waals surface area contributed by atoms with E-state index in [9.17, 15) is 4.79 Å². The zero-order valence-corrected chi connectivity index (χ0v) is 12.5. The molecule has 0 saturated carbocycles. The van der Waals surface area contributed by atoms with Crippen molar-refractivity contribution < 1.29 is 14.3 Å². The average Bonchev–Trinajstić information content (AvgIpc) is 2.37. The van der Waals surface area contributed by atoms with Gasteiger partial charge in [-0.1, -0.05) is 19.4 Å². The van der Waals surface area contributed by atoms with Gasteiger partial charge >= 0.3 is 5.97 Å². The van der Waals surface area contributed by atoms with Gasteiger partial charge in [-0.15, -0.1) is 0 Å². The largest absolute Gasteiger partial charge is 0.496 e. The van der Waals surface area contributed by atoms with Crippen molar-refractivity contribution in [3.8, 4) is 5.75 Å². The quantitative estimate of drug-likeness (QED) is 0.568. The number of hydrogen-bond acceptors (Lipinski definition) is 3. The van der Waals surface area contributed by atoms with Crippen LogP contribution in [0.3, 0.4) is 0 Å². The molecule has 0 aliphatic rings. The summed E-state index contributed by atoms with van der Waals surface area (Å²) in [6, 6.07) is 5.82. The standard InChI is InChI=1S/C14H19BrO3/c1-3-4-9-18-14(16)8-6-11-5-7-13(17-2)12(15)10-11/h5,7,10H,3-4,6,8-9H2,1-2H3. The van der Waals surface area contributed by atoms with Gasteiger partial charge in [-0.3, -0.25) is 4.79 Å². The summed E-state index contributed by atoms with van der Waals surface area (Å²) in [5, 5.41) is 0. The van der Waals surface area contributed by atoms with Crippen LogP contribution in [0.5, 0.6) is 5.75 Å². The minimum atomic E-state index is -0.129. The van der Waals surface area contributed by atoms with Crippen molar-refractivity contribution in [1.29, 1.82) is 0 Å². The molecule has 0 fully saturated rings. The Hall–Kier alpha value is -1.03. The summed E-state index contributed by atoms with van der Waals surface area (Å²) >= 11 is 3.42. The molecule has 0 aliphatic carbocycles. The molecule has 0 radical (unpaired) electrons. The van der Waals surface area contributed by atoms with Gasteiger partial charge in [-0.2, -0.15) is 0 Å². The fraction of sp³-hybridized carbons (Fsp3) is 0.500. The molecule has 0 spiro atoms. The van der Waals surface area contributed by atoms with Crippen molar-refractivity contribution in [2.75, 3.05) is 13.7 Å². The number of halogens is 1.